The molecule has 0 aromatic heterocycles. The number of allylic oxidation sites excluding steroid dienone is 2. The average molecular weight is 386 g/mol. The van der Waals surface area contributed by atoms with Crippen LogP contribution in [0.15, 0.2) is 17.4 Å². The van der Waals surface area contributed by atoms with Gasteiger partial charge in [-0.15, -0.1) is 0 Å². The van der Waals surface area contributed by atoms with Crippen molar-refractivity contribution in [1.82, 2.24) is 0 Å². The number of phenolic OH excluding ortho intramolecular Hbond substituents is 1. The molecule has 0 fully saturated rings. The molecule has 0 amide bonds. The normalized spacial score (nSPS) is 24.0. The molecule has 0 heterocycles. The Labute approximate surface area is 163 Å². The topological polar surface area (TPSA) is 112 Å². The van der Waals surface area contributed by atoms with Gasteiger partial charge in [-0.05, 0) is 68.6 Å². The first kappa shape index (κ1) is 20.3. The number of hydrogen-bond donors (Lipinski definition) is 3. The van der Waals surface area contributed by atoms with Crippen molar-refractivity contribution in [3.8, 4) is 5.75 Å². The number of carbonyl (C=O) groups is 3. The molecule has 150 valence electrons. The lowest BCUT2D eigenvalue weighted by Crippen LogP contribution is -2.39. The number of hydrogen-bond acceptors (Lipinski definition) is 6. The molecular weight excluding hydrogens is 360 g/mol. The zero-order chi connectivity index (χ0) is 20.7. The van der Waals surface area contributed by atoms with Crippen molar-refractivity contribution in [3.05, 3.63) is 39.7 Å². The first-order valence-corrected chi connectivity index (χ1v) is 9.60. The average Bonchev–Trinajstić information content (AvgIpc) is 2.58. The maximum absolute atomic E-state index is 13.2. The van der Waals surface area contributed by atoms with E-state index >= 15 is 0 Å². The van der Waals surface area contributed by atoms with Crippen molar-refractivity contribution in [2.24, 2.45) is 17.8 Å². The Kier molecular flexibility index (Phi) is 5.44. The maximum atomic E-state index is 13.2. The number of rotatable bonds is 5. The van der Waals surface area contributed by atoms with E-state index in [1.165, 1.54) is 6.92 Å². The summed E-state index contributed by atoms with van der Waals surface area (Å²) in [5.41, 5.74) is 2.60. The molecule has 3 atom stereocenters. The number of aryl methyl sites for hydroxylation is 1. The lowest BCUT2D eigenvalue weighted by molar-refractivity contribution is -0.129. The minimum Gasteiger partial charge on any atom is -0.511 e. The summed E-state index contributed by atoms with van der Waals surface area (Å²) in [5.74, 6) is -3.15. The molecule has 0 saturated carbocycles. The smallest absolute Gasteiger partial charge is 0.196 e. The number of aliphatic hydroxyl groups is 2. The van der Waals surface area contributed by atoms with Crippen LogP contribution in [0.2, 0.25) is 0 Å². The van der Waals surface area contributed by atoms with Crippen molar-refractivity contribution >= 4 is 17.3 Å². The second kappa shape index (κ2) is 7.51. The fraction of sp³-hybridized carbons (Fsp3) is 0.500. The van der Waals surface area contributed by atoms with Gasteiger partial charge in [-0.3, -0.25) is 14.4 Å². The largest absolute Gasteiger partial charge is 0.511 e. The van der Waals surface area contributed by atoms with Gasteiger partial charge in [-0.1, -0.05) is 6.07 Å². The summed E-state index contributed by atoms with van der Waals surface area (Å²) in [4.78, 5) is 37.3. The van der Waals surface area contributed by atoms with Gasteiger partial charge in [0.1, 0.15) is 17.3 Å². The quantitative estimate of drug-likeness (QED) is 0.671. The number of aromatic hydroxyl groups is 1. The molecule has 2 aliphatic carbocycles. The van der Waals surface area contributed by atoms with E-state index in [1.54, 1.807) is 6.92 Å². The van der Waals surface area contributed by atoms with Crippen LogP contribution >= 0.6 is 0 Å². The molecule has 3 rings (SSSR count). The van der Waals surface area contributed by atoms with E-state index in [1.807, 2.05) is 13.0 Å². The fourth-order valence-corrected chi connectivity index (χ4v) is 4.71. The Hall–Kier alpha value is -2.47. The van der Waals surface area contributed by atoms with E-state index in [0.717, 1.165) is 11.1 Å². The van der Waals surface area contributed by atoms with Gasteiger partial charge in [0.15, 0.2) is 11.6 Å². The minimum absolute atomic E-state index is 0.0807. The Bertz CT molecular complexity index is 895. The third kappa shape index (κ3) is 3.26. The monoisotopic (exact) mass is 386 g/mol. The first-order chi connectivity index (χ1) is 13.2. The van der Waals surface area contributed by atoms with E-state index < -0.39 is 17.5 Å². The lowest BCUT2D eigenvalue weighted by Gasteiger charge is -2.39. The molecule has 3 unspecified atom stereocenters. The molecule has 2 aliphatic rings. The Balaban J connectivity index is 2.13. The maximum Gasteiger partial charge on any atom is 0.196 e. The molecule has 0 saturated heterocycles. The number of benzene rings is 1. The first-order valence-electron chi connectivity index (χ1n) is 9.60. The van der Waals surface area contributed by atoms with Crippen molar-refractivity contribution in [2.45, 2.75) is 46.5 Å². The number of phenols is 1. The summed E-state index contributed by atoms with van der Waals surface area (Å²) >= 11 is 0. The van der Waals surface area contributed by atoms with Gasteiger partial charge in [-0.25, -0.2) is 0 Å². The van der Waals surface area contributed by atoms with Gasteiger partial charge in [-0.2, -0.15) is 0 Å². The van der Waals surface area contributed by atoms with Crippen molar-refractivity contribution < 1.29 is 29.7 Å². The van der Waals surface area contributed by atoms with Crippen LogP contribution in [-0.2, 0) is 16.0 Å². The second-order valence-corrected chi connectivity index (χ2v) is 8.06. The molecule has 1 aromatic carbocycles. The molecular formula is C22H26O6. The van der Waals surface area contributed by atoms with Gasteiger partial charge in [0.05, 0.1) is 17.9 Å². The molecule has 28 heavy (non-hydrogen) atoms. The predicted octanol–water partition coefficient (Wildman–Crippen LogP) is 2.74. The number of Topliss-reactive ketones (excluding diaryl/α,β-unsaturated/α-hetero) is 3. The SMILES string of the molecule is CC(=O)CC(=O)C1C(O)=C2C(=O)c3c(cc(C)c(C)c3O)CC2CC1CCO. The number of aliphatic hydroxyl groups excluding tert-OH is 2. The summed E-state index contributed by atoms with van der Waals surface area (Å²) in [7, 11) is 0. The van der Waals surface area contributed by atoms with Gasteiger partial charge < -0.3 is 15.3 Å². The highest BCUT2D eigenvalue weighted by molar-refractivity contribution is 6.14. The number of carbonyl (C=O) groups excluding carboxylic acids is 3. The van der Waals surface area contributed by atoms with Crippen LogP contribution in [0.4, 0.5) is 0 Å². The van der Waals surface area contributed by atoms with Gasteiger partial charge in [0.2, 0.25) is 0 Å². The molecule has 6 nitrogen and oxygen atoms in total. The number of fused-ring (bicyclic) bond motifs is 2. The summed E-state index contributed by atoms with van der Waals surface area (Å²) in [5, 5.41) is 30.9. The van der Waals surface area contributed by atoms with Gasteiger partial charge in [0, 0.05) is 12.2 Å². The highest BCUT2D eigenvalue weighted by atomic mass is 16.3. The highest BCUT2D eigenvalue weighted by Gasteiger charge is 2.46. The van der Waals surface area contributed by atoms with Gasteiger partial charge >= 0.3 is 0 Å². The van der Waals surface area contributed by atoms with Crippen LogP contribution in [-0.4, -0.2) is 39.3 Å². The van der Waals surface area contributed by atoms with Crippen molar-refractivity contribution in [2.75, 3.05) is 6.61 Å². The molecule has 0 radical (unpaired) electrons. The summed E-state index contributed by atoms with van der Waals surface area (Å²) in [6, 6.07) is 1.89. The fourth-order valence-electron chi connectivity index (χ4n) is 4.71. The summed E-state index contributed by atoms with van der Waals surface area (Å²) in [6.07, 6.45) is 0.933. The molecule has 3 N–H and O–H groups in total. The van der Waals surface area contributed by atoms with Crippen LogP contribution in [0.25, 0.3) is 0 Å². The number of ketones is 3. The van der Waals surface area contributed by atoms with E-state index in [9.17, 15) is 29.7 Å². The summed E-state index contributed by atoms with van der Waals surface area (Å²) in [6.45, 7) is 4.76. The molecule has 0 aliphatic heterocycles. The van der Waals surface area contributed by atoms with E-state index in [0.29, 0.717) is 24.8 Å². The van der Waals surface area contributed by atoms with Crippen molar-refractivity contribution in [3.63, 3.8) is 0 Å². The second-order valence-electron chi connectivity index (χ2n) is 8.06. The van der Waals surface area contributed by atoms with E-state index in [-0.39, 0.29) is 53.3 Å². The zero-order valence-corrected chi connectivity index (χ0v) is 16.4. The molecule has 0 bridgehead atoms. The third-order valence-electron chi connectivity index (χ3n) is 6.14. The lowest BCUT2D eigenvalue weighted by atomic mass is 9.64. The highest BCUT2D eigenvalue weighted by Crippen LogP contribution is 2.47. The van der Waals surface area contributed by atoms with Crippen LogP contribution in [0.5, 0.6) is 5.75 Å². The predicted molar refractivity (Wildman–Crippen MR) is 102 cm³/mol. The minimum atomic E-state index is -0.971. The Morgan fingerprint density at radius 2 is 1.89 bits per heavy atom. The summed E-state index contributed by atoms with van der Waals surface area (Å²) < 4.78 is 0. The van der Waals surface area contributed by atoms with Crippen LogP contribution < -0.4 is 0 Å². The zero-order valence-electron chi connectivity index (χ0n) is 16.4. The van der Waals surface area contributed by atoms with E-state index in [4.69, 9.17) is 0 Å². The van der Waals surface area contributed by atoms with Crippen LogP contribution in [0, 0.1) is 31.6 Å². The van der Waals surface area contributed by atoms with Gasteiger partial charge in [0.25, 0.3) is 0 Å². The third-order valence-corrected chi connectivity index (χ3v) is 6.14. The molecule has 0 spiro atoms. The standard InChI is InChI=1S/C22H26O6/c1-10-6-14-9-15-8-13(4-5-23)17(16(25)7-11(2)24)21(27)19(15)22(28)18(14)20(26)12(10)3/h6,13,15,17,23,26-27H,4-5,7-9H2,1-3H3. The Morgan fingerprint density at radius 1 is 1.21 bits per heavy atom. The Morgan fingerprint density at radius 3 is 2.50 bits per heavy atom. The van der Waals surface area contributed by atoms with Crippen molar-refractivity contribution in [1.29, 1.82) is 0 Å². The molecule has 6 heteroatoms. The van der Waals surface area contributed by atoms with Crippen LogP contribution in [0.1, 0.15) is 53.2 Å². The molecule has 1 aromatic rings. The van der Waals surface area contributed by atoms with E-state index in [2.05, 4.69) is 0 Å². The van der Waals surface area contributed by atoms with Crippen LogP contribution in [0.3, 0.4) is 0 Å².